The van der Waals surface area contributed by atoms with E-state index in [4.69, 9.17) is 9.47 Å². The molecule has 8 heteroatoms. The van der Waals surface area contributed by atoms with E-state index in [1.165, 1.54) is 31.2 Å². The van der Waals surface area contributed by atoms with E-state index in [1.807, 2.05) is 0 Å². The smallest absolute Gasteiger partial charge is 0.421 e. The van der Waals surface area contributed by atoms with Gasteiger partial charge in [0.25, 0.3) is 0 Å². The first-order chi connectivity index (χ1) is 13.7. The maximum Gasteiger partial charge on any atom is 0.421 e. The second-order valence-corrected chi connectivity index (χ2v) is 7.49. The fourth-order valence-electron chi connectivity index (χ4n) is 3.33. The highest BCUT2D eigenvalue weighted by atomic mass is 19.4. The molecule has 2 aromatic rings. The first-order valence-corrected chi connectivity index (χ1v) is 9.85. The van der Waals surface area contributed by atoms with Gasteiger partial charge in [-0.1, -0.05) is 6.42 Å². The number of benzene rings is 1. The first kappa shape index (κ1) is 21.2. The quantitative estimate of drug-likeness (QED) is 0.607. The molecule has 0 amide bonds. The van der Waals surface area contributed by atoms with Crippen LogP contribution < -0.4 is 14.4 Å². The van der Waals surface area contributed by atoms with Gasteiger partial charge in [0.2, 0.25) is 0 Å². The van der Waals surface area contributed by atoms with Crippen molar-refractivity contribution in [1.29, 1.82) is 0 Å². The van der Waals surface area contributed by atoms with E-state index in [2.05, 4.69) is 9.97 Å². The van der Waals surface area contributed by atoms with Crippen molar-refractivity contribution in [2.75, 3.05) is 11.9 Å². The molecule has 1 aliphatic rings. The molecule has 0 spiro atoms. The van der Waals surface area contributed by atoms with Crippen LogP contribution in [0.1, 0.15) is 51.5 Å². The average molecular weight is 409 g/mol. The van der Waals surface area contributed by atoms with Gasteiger partial charge < -0.3 is 14.4 Å². The van der Waals surface area contributed by atoms with Crippen LogP contribution in [-0.4, -0.2) is 29.2 Å². The fourth-order valence-corrected chi connectivity index (χ4v) is 3.33. The molecule has 1 aliphatic carbocycles. The second-order valence-electron chi connectivity index (χ2n) is 7.49. The van der Waals surface area contributed by atoms with Crippen molar-refractivity contribution in [2.45, 2.75) is 64.3 Å². The van der Waals surface area contributed by atoms with Crippen LogP contribution in [0.2, 0.25) is 0 Å². The normalized spacial score (nSPS) is 15.4. The lowest BCUT2D eigenvalue weighted by atomic mass is 9.98. The van der Waals surface area contributed by atoms with Crippen LogP contribution in [0.5, 0.6) is 11.8 Å². The van der Waals surface area contributed by atoms with Crippen LogP contribution in [0.4, 0.5) is 24.7 Å². The summed E-state index contributed by atoms with van der Waals surface area (Å²) in [7, 11) is 1.54. The Labute approximate surface area is 168 Å². The van der Waals surface area contributed by atoms with Crippen molar-refractivity contribution >= 4 is 11.5 Å². The van der Waals surface area contributed by atoms with Crippen molar-refractivity contribution < 1.29 is 22.6 Å². The van der Waals surface area contributed by atoms with Gasteiger partial charge in [0, 0.05) is 18.9 Å². The van der Waals surface area contributed by atoms with Crippen LogP contribution in [0, 0.1) is 0 Å². The number of aromatic nitrogens is 2. The van der Waals surface area contributed by atoms with Crippen molar-refractivity contribution in [1.82, 2.24) is 9.97 Å². The molecule has 1 aromatic carbocycles. The monoisotopic (exact) mass is 409 g/mol. The highest BCUT2D eigenvalue weighted by Gasteiger charge is 2.37. The molecule has 0 N–H and O–H groups in total. The Hall–Kier alpha value is -2.51. The third-order valence-electron chi connectivity index (χ3n) is 4.79. The number of hydrogen-bond acceptors (Lipinski definition) is 5. The zero-order valence-electron chi connectivity index (χ0n) is 16.9. The number of halogens is 3. The fraction of sp³-hybridized carbons (Fsp3) is 0.524. The van der Waals surface area contributed by atoms with Crippen LogP contribution in [0.25, 0.3) is 0 Å². The standard InChI is InChI=1S/C21H26F3N3O2/c1-14(2)28-20-25-13-18(21(22,23)24)19(26-20)27(3)15-9-11-17(12-10-15)29-16-7-5-4-6-8-16/h9-14,16H,4-8H2,1-3H3. The Balaban J connectivity index is 1.83. The lowest BCUT2D eigenvalue weighted by Gasteiger charge is -2.25. The third-order valence-corrected chi connectivity index (χ3v) is 4.79. The van der Waals surface area contributed by atoms with Crippen molar-refractivity contribution in [3.63, 3.8) is 0 Å². The first-order valence-electron chi connectivity index (χ1n) is 9.85. The Kier molecular flexibility index (Phi) is 6.49. The van der Waals surface area contributed by atoms with Crippen LogP contribution in [0.15, 0.2) is 30.5 Å². The molecule has 158 valence electrons. The molecule has 29 heavy (non-hydrogen) atoms. The zero-order valence-corrected chi connectivity index (χ0v) is 16.9. The van der Waals surface area contributed by atoms with Crippen LogP contribution in [-0.2, 0) is 6.18 Å². The lowest BCUT2D eigenvalue weighted by Crippen LogP contribution is -2.21. The number of rotatable bonds is 6. The molecule has 0 radical (unpaired) electrons. The third kappa shape index (κ3) is 5.52. The number of anilines is 2. The second kappa shape index (κ2) is 8.88. The van der Waals surface area contributed by atoms with E-state index in [9.17, 15) is 13.2 Å². The molecule has 5 nitrogen and oxygen atoms in total. The molecular weight excluding hydrogens is 383 g/mol. The summed E-state index contributed by atoms with van der Waals surface area (Å²) in [5.41, 5.74) is -0.362. The summed E-state index contributed by atoms with van der Waals surface area (Å²) >= 11 is 0. The van der Waals surface area contributed by atoms with E-state index in [0.29, 0.717) is 5.69 Å². The van der Waals surface area contributed by atoms with E-state index in [0.717, 1.165) is 24.8 Å². The maximum atomic E-state index is 13.5. The van der Waals surface area contributed by atoms with Gasteiger partial charge in [-0.3, -0.25) is 0 Å². The van der Waals surface area contributed by atoms with Gasteiger partial charge in [-0.25, -0.2) is 4.98 Å². The van der Waals surface area contributed by atoms with Gasteiger partial charge in [-0.2, -0.15) is 18.2 Å². The molecule has 1 fully saturated rings. The van der Waals surface area contributed by atoms with Crippen molar-refractivity contribution in [3.8, 4) is 11.8 Å². The van der Waals surface area contributed by atoms with E-state index >= 15 is 0 Å². The minimum absolute atomic E-state index is 0.0906. The molecule has 0 atom stereocenters. The SMILES string of the molecule is CC(C)Oc1ncc(C(F)(F)F)c(N(C)c2ccc(OC3CCCCC3)cc2)n1. The van der Waals surface area contributed by atoms with E-state index < -0.39 is 11.7 Å². The van der Waals surface area contributed by atoms with Gasteiger partial charge in [0.15, 0.2) is 5.82 Å². The molecule has 0 unspecified atom stereocenters. The average Bonchev–Trinajstić information content (AvgIpc) is 2.67. The summed E-state index contributed by atoms with van der Waals surface area (Å²) in [6.07, 6.45) is 1.79. The van der Waals surface area contributed by atoms with E-state index in [-0.39, 0.29) is 24.0 Å². The summed E-state index contributed by atoms with van der Waals surface area (Å²) in [4.78, 5) is 9.09. The maximum absolute atomic E-state index is 13.5. The van der Waals surface area contributed by atoms with Gasteiger partial charge in [-0.05, 0) is 63.8 Å². The number of ether oxygens (including phenoxy) is 2. The Morgan fingerprint density at radius 1 is 1.07 bits per heavy atom. The topological polar surface area (TPSA) is 47.5 Å². The Bertz CT molecular complexity index is 804. The highest BCUT2D eigenvalue weighted by molar-refractivity contribution is 5.63. The summed E-state index contributed by atoms with van der Waals surface area (Å²) in [6, 6.07) is 6.92. The summed E-state index contributed by atoms with van der Waals surface area (Å²) in [6.45, 7) is 3.52. The number of alkyl halides is 3. The minimum Gasteiger partial charge on any atom is -0.490 e. The Morgan fingerprint density at radius 2 is 1.72 bits per heavy atom. The van der Waals surface area contributed by atoms with Crippen LogP contribution >= 0.6 is 0 Å². The summed E-state index contributed by atoms with van der Waals surface area (Å²) in [5.74, 6) is 0.459. The number of hydrogen-bond donors (Lipinski definition) is 0. The predicted molar refractivity (Wildman–Crippen MR) is 105 cm³/mol. The summed E-state index contributed by atoms with van der Waals surface area (Å²) < 4.78 is 51.8. The molecule has 0 bridgehead atoms. The number of nitrogens with zero attached hydrogens (tertiary/aromatic N) is 3. The van der Waals surface area contributed by atoms with Gasteiger partial charge in [0.05, 0.1) is 12.2 Å². The molecular formula is C21H26F3N3O2. The van der Waals surface area contributed by atoms with Gasteiger partial charge in [0.1, 0.15) is 11.3 Å². The van der Waals surface area contributed by atoms with Gasteiger partial charge >= 0.3 is 12.2 Å². The van der Waals surface area contributed by atoms with Gasteiger partial charge in [-0.15, -0.1) is 0 Å². The molecule has 3 rings (SSSR count). The molecule has 1 aromatic heterocycles. The molecule has 1 saturated carbocycles. The summed E-state index contributed by atoms with van der Waals surface area (Å²) in [5, 5.41) is 0. The van der Waals surface area contributed by atoms with E-state index in [1.54, 1.807) is 38.1 Å². The minimum atomic E-state index is -4.58. The van der Waals surface area contributed by atoms with Crippen molar-refractivity contribution in [3.05, 3.63) is 36.0 Å². The highest BCUT2D eigenvalue weighted by Crippen LogP contribution is 2.38. The molecule has 0 saturated heterocycles. The largest absolute Gasteiger partial charge is 0.490 e. The molecule has 1 heterocycles. The zero-order chi connectivity index (χ0) is 21.0. The lowest BCUT2D eigenvalue weighted by molar-refractivity contribution is -0.137. The van der Waals surface area contributed by atoms with Crippen LogP contribution in [0.3, 0.4) is 0 Å². The van der Waals surface area contributed by atoms with Crippen molar-refractivity contribution in [2.24, 2.45) is 0 Å². The predicted octanol–water partition coefficient (Wildman–Crippen LogP) is 5.76. The Morgan fingerprint density at radius 3 is 2.31 bits per heavy atom. The molecule has 0 aliphatic heterocycles.